The highest BCUT2D eigenvalue weighted by atomic mass is 16.6. The lowest BCUT2D eigenvalue weighted by Gasteiger charge is -2.19. The highest BCUT2D eigenvalue weighted by Gasteiger charge is 2.37. The van der Waals surface area contributed by atoms with Crippen LogP contribution in [0.5, 0.6) is 0 Å². The predicted molar refractivity (Wildman–Crippen MR) is 65.4 cm³/mol. The largest absolute Gasteiger partial charge is 0.460 e. The molecular weight excluding hydrogens is 218 g/mol. The van der Waals surface area contributed by atoms with Gasteiger partial charge in [-0.25, -0.2) is 0 Å². The maximum atomic E-state index is 11.5. The molecule has 17 heavy (non-hydrogen) atoms. The second-order valence-corrected chi connectivity index (χ2v) is 6.17. The van der Waals surface area contributed by atoms with Crippen LogP contribution in [-0.2, 0) is 14.3 Å². The van der Waals surface area contributed by atoms with Crippen molar-refractivity contribution in [2.24, 2.45) is 5.41 Å². The Balaban J connectivity index is 2.12. The molecule has 0 bridgehead atoms. The first kappa shape index (κ1) is 14.0. The molecule has 1 amide bonds. The number of rotatable bonds is 5. The minimum Gasteiger partial charge on any atom is -0.460 e. The molecule has 0 atom stereocenters. The Bertz CT molecular complexity index is 300. The SMILES string of the molecule is CC1(CNC(=O)CCC(=O)OC(C)(C)C)CC1. The Morgan fingerprint density at radius 3 is 2.29 bits per heavy atom. The van der Waals surface area contributed by atoms with Crippen molar-refractivity contribution < 1.29 is 14.3 Å². The standard InChI is InChI=1S/C13H23NO3/c1-12(2,3)17-11(16)6-5-10(15)14-9-13(4)7-8-13/h5-9H2,1-4H3,(H,14,15). The first-order valence-corrected chi connectivity index (χ1v) is 6.19. The van der Waals surface area contributed by atoms with Crippen LogP contribution in [0.1, 0.15) is 53.4 Å². The molecule has 1 rings (SSSR count). The van der Waals surface area contributed by atoms with Crippen molar-refractivity contribution in [3.8, 4) is 0 Å². The third-order valence-corrected chi connectivity index (χ3v) is 2.79. The van der Waals surface area contributed by atoms with Gasteiger partial charge in [0.25, 0.3) is 0 Å². The third-order valence-electron chi connectivity index (χ3n) is 2.79. The maximum Gasteiger partial charge on any atom is 0.306 e. The van der Waals surface area contributed by atoms with E-state index in [0.717, 1.165) is 6.54 Å². The van der Waals surface area contributed by atoms with Crippen molar-refractivity contribution in [2.75, 3.05) is 6.54 Å². The van der Waals surface area contributed by atoms with E-state index in [9.17, 15) is 9.59 Å². The van der Waals surface area contributed by atoms with Crippen molar-refractivity contribution >= 4 is 11.9 Å². The van der Waals surface area contributed by atoms with Gasteiger partial charge in [0.15, 0.2) is 0 Å². The summed E-state index contributed by atoms with van der Waals surface area (Å²) in [5.74, 6) is -0.380. The van der Waals surface area contributed by atoms with Gasteiger partial charge < -0.3 is 10.1 Å². The zero-order chi connectivity index (χ0) is 13.1. The van der Waals surface area contributed by atoms with Crippen LogP contribution in [0.3, 0.4) is 0 Å². The Morgan fingerprint density at radius 2 is 1.82 bits per heavy atom. The number of carbonyl (C=O) groups is 2. The topological polar surface area (TPSA) is 55.4 Å². The molecule has 1 N–H and O–H groups in total. The smallest absolute Gasteiger partial charge is 0.306 e. The molecule has 1 saturated carbocycles. The van der Waals surface area contributed by atoms with Gasteiger partial charge in [0.1, 0.15) is 5.60 Å². The second-order valence-electron chi connectivity index (χ2n) is 6.17. The van der Waals surface area contributed by atoms with E-state index in [1.807, 2.05) is 20.8 Å². The van der Waals surface area contributed by atoms with Crippen molar-refractivity contribution in [3.05, 3.63) is 0 Å². The Labute approximate surface area is 103 Å². The number of esters is 1. The molecule has 98 valence electrons. The van der Waals surface area contributed by atoms with Gasteiger partial charge in [-0.2, -0.15) is 0 Å². The molecule has 0 unspecified atom stereocenters. The first-order valence-electron chi connectivity index (χ1n) is 6.19. The van der Waals surface area contributed by atoms with Crippen molar-refractivity contribution in [1.29, 1.82) is 0 Å². The molecule has 0 saturated heterocycles. The monoisotopic (exact) mass is 241 g/mol. The van der Waals surface area contributed by atoms with Crippen LogP contribution in [0.15, 0.2) is 0 Å². The number of hydrogen-bond acceptors (Lipinski definition) is 3. The molecular formula is C13H23NO3. The number of ether oxygens (including phenoxy) is 1. The fraction of sp³-hybridized carbons (Fsp3) is 0.846. The number of amides is 1. The summed E-state index contributed by atoms with van der Waals surface area (Å²) in [7, 11) is 0. The molecule has 0 spiro atoms. The summed E-state index contributed by atoms with van der Waals surface area (Å²) in [6.07, 6.45) is 2.73. The molecule has 0 radical (unpaired) electrons. The van der Waals surface area contributed by atoms with Gasteiger partial charge in [0.2, 0.25) is 5.91 Å². The summed E-state index contributed by atoms with van der Waals surface area (Å²) in [6.45, 7) is 8.33. The molecule has 4 heteroatoms. The van der Waals surface area contributed by atoms with Crippen LogP contribution in [0.25, 0.3) is 0 Å². The normalized spacial score (nSPS) is 17.4. The summed E-state index contributed by atoms with van der Waals surface area (Å²) >= 11 is 0. The lowest BCUT2D eigenvalue weighted by molar-refractivity contribution is -0.155. The zero-order valence-electron chi connectivity index (χ0n) is 11.3. The van der Waals surface area contributed by atoms with Gasteiger partial charge >= 0.3 is 5.97 Å². The lowest BCUT2D eigenvalue weighted by Crippen LogP contribution is -2.30. The van der Waals surface area contributed by atoms with E-state index in [0.29, 0.717) is 5.41 Å². The maximum absolute atomic E-state index is 11.5. The van der Waals surface area contributed by atoms with Crippen LogP contribution in [0, 0.1) is 5.41 Å². The van der Waals surface area contributed by atoms with Gasteiger partial charge in [0.05, 0.1) is 6.42 Å². The number of carbonyl (C=O) groups excluding carboxylic acids is 2. The van der Waals surface area contributed by atoms with E-state index in [1.165, 1.54) is 12.8 Å². The van der Waals surface area contributed by atoms with E-state index < -0.39 is 5.60 Å². The summed E-state index contributed by atoms with van der Waals surface area (Å²) < 4.78 is 5.13. The number of hydrogen-bond donors (Lipinski definition) is 1. The molecule has 0 aromatic carbocycles. The summed E-state index contributed by atoms with van der Waals surface area (Å²) in [5.41, 5.74) is -0.170. The Kier molecular flexibility index (Phi) is 4.17. The highest BCUT2D eigenvalue weighted by Crippen LogP contribution is 2.43. The van der Waals surface area contributed by atoms with Crippen molar-refractivity contribution in [2.45, 2.75) is 59.0 Å². The van der Waals surface area contributed by atoms with E-state index in [1.54, 1.807) is 0 Å². The van der Waals surface area contributed by atoms with E-state index >= 15 is 0 Å². The highest BCUT2D eigenvalue weighted by molar-refractivity contribution is 5.81. The fourth-order valence-electron chi connectivity index (χ4n) is 1.40. The van der Waals surface area contributed by atoms with E-state index in [4.69, 9.17) is 4.74 Å². The average molecular weight is 241 g/mol. The zero-order valence-corrected chi connectivity index (χ0v) is 11.3. The van der Waals surface area contributed by atoms with Crippen LogP contribution >= 0.6 is 0 Å². The second kappa shape index (κ2) is 5.07. The molecule has 1 fully saturated rings. The van der Waals surface area contributed by atoms with Crippen LogP contribution in [0.2, 0.25) is 0 Å². The fourth-order valence-corrected chi connectivity index (χ4v) is 1.40. The van der Waals surface area contributed by atoms with E-state index in [-0.39, 0.29) is 24.7 Å². The molecule has 0 aromatic rings. The summed E-state index contributed by atoms with van der Waals surface area (Å²) in [5, 5.41) is 2.86. The predicted octanol–water partition coefficient (Wildman–Crippen LogP) is 2.02. The summed E-state index contributed by atoms with van der Waals surface area (Å²) in [4.78, 5) is 22.8. The van der Waals surface area contributed by atoms with E-state index in [2.05, 4.69) is 12.2 Å². The van der Waals surface area contributed by atoms with Crippen molar-refractivity contribution in [1.82, 2.24) is 5.32 Å². The third kappa shape index (κ3) is 6.29. The van der Waals surface area contributed by atoms with Gasteiger partial charge in [-0.3, -0.25) is 9.59 Å². The molecule has 0 heterocycles. The Morgan fingerprint density at radius 1 is 1.24 bits per heavy atom. The molecule has 1 aliphatic carbocycles. The van der Waals surface area contributed by atoms with Crippen molar-refractivity contribution in [3.63, 3.8) is 0 Å². The lowest BCUT2D eigenvalue weighted by atomic mass is 10.1. The molecule has 1 aliphatic rings. The average Bonchev–Trinajstić information content (AvgIpc) is 2.88. The van der Waals surface area contributed by atoms with Gasteiger partial charge in [-0.1, -0.05) is 6.92 Å². The van der Waals surface area contributed by atoms with Crippen LogP contribution in [-0.4, -0.2) is 24.0 Å². The van der Waals surface area contributed by atoms with Gasteiger partial charge in [0, 0.05) is 13.0 Å². The molecule has 0 aliphatic heterocycles. The van der Waals surface area contributed by atoms with Crippen LogP contribution in [0.4, 0.5) is 0 Å². The first-order chi connectivity index (χ1) is 7.70. The minimum absolute atomic E-state index is 0.0658. The quantitative estimate of drug-likeness (QED) is 0.749. The minimum atomic E-state index is -0.477. The van der Waals surface area contributed by atoms with Crippen LogP contribution < -0.4 is 5.32 Å². The Hall–Kier alpha value is -1.06. The van der Waals surface area contributed by atoms with Gasteiger partial charge in [-0.15, -0.1) is 0 Å². The van der Waals surface area contributed by atoms with Gasteiger partial charge in [-0.05, 0) is 39.0 Å². The number of nitrogens with one attached hydrogen (secondary N) is 1. The molecule has 0 aromatic heterocycles. The summed E-state index contributed by atoms with van der Waals surface area (Å²) in [6, 6.07) is 0. The molecule has 4 nitrogen and oxygen atoms in total.